The molecule has 10 heteroatoms. The van der Waals surface area contributed by atoms with Gasteiger partial charge in [-0.25, -0.2) is 9.59 Å². The first-order chi connectivity index (χ1) is 15.9. The Labute approximate surface area is 192 Å². The molecule has 3 amide bonds. The largest absolute Gasteiger partial charge is 0.480 e. The maximum Gasteiger partial charge on any atom is 0.407 e. The van der Waals surface area contributed by atoms with Gasteiger partial charge in [-0.15, -0.1) is 0 Å². The van der Waals surface area contributed by atoms with Crippen molar-refractivity contribution in [3.8, 4) is 0 Å². The van der Waals surface area contributed by atoms with E-state index in [1.807, 2.05) is 30.3 Å². The molecule has 2 aliphatic rings. The molecule has 2 fully saturated rings. The molecule has 0 bridgehead atoms. The molecule has 1 aliphatic heterocycles. The number of carboxylic acids is 1. The van der Waals surface area contributed by atoms with Gasteiger partial charge < -0.3 is 31.1 Å². The van der Waals surface area contributed by atoms with Crippen LogP contribution in [0.1, 0.15) is 44.1 Å². The third-order valence-electron chi connectivity index (χ3n) is 5.82. The lowest BCUT2D eigenvalue weighted by atomic mass is 10.1. The van der Waals surface area contributed by atoms with Crippen molar-refractivity contribution < 1.29 is 29.0 Å². The second-order valence-corrected chi connectivity index (χ2v) is 8.50. The van der Waals surface area contributed by atoms with E-state index in [1.165, 1.54) is 0 Å². The van der Waals surface area contributed by atoms with Gasteiger partial charge in [0, 0.05) is 6.54 Å². The highest BCUT2D eigenvalue weighted by atomic mass is 16.5. The number of aliphatic carboxylic acids is 1. The van der Waals surface area contributed by atoms with Crippen LogP contribution in [0.2, 0.25) is 0 Å². The number of benzene rings is 1. The Bertz CT molecular complexity index is 824. The molecule has 3 atom stereocenters. The SMILES string of the molecule is O=C(NCCCC(NC(=O)C(NC(=O)[C@@H]1CCCN1)C1CC1)C(=O)O)OCc1ccccc1. The molecule has 0 spiro atoms. The van der Waals surface area contributed by atoms with Gasteiger partial charge >= 0.3 is 12.1 Å². The zero-order valence-corrected chi connectivity index (χ0v) is 18.5. The van der Waals surface area contributed by atoms with E-state index >= 15 is 0 Å². The Morgan fingerprint density at radius 1 is 1.09 bits per heavy atom. The van der Waals surface area contributed by atoms with Gasteiger partial charge in [-0.2, -0.15) is 0 Å². The number of amides is 3. The van der Waals surface area contributed by atoms with Crippen LogP contribution in [0.5, 0.6) is 0 Å². The molecular weight excluding hydrogens is 428 g/mol. The number of carbonyl (C=O) groups excluding carboxylic acids is 3. The number of carbonyl (C=O) groups is 4. The zero-order valence-electron chi connectivity index (χ0n) is 18.5. The van der Waals surface area contributed by atoms with Gasteiger partial charge in [0.15, 0.2) is 0 Å². The third-order valence-corrected chi connectivity index (χ3v) is 5.82. The topological polar surface area (TPSA) is 146 Å². The fourth-order valence-corrected chi connectivity index (χ4v) is 3.78. The van der Waals surface area contributed by atoms with Crippen molar-refractivity contribution in [3.05, 3.63) is 35.9 Å². The molecule has 1 aromatic carbocycles. The predicted molar refractivity (Wildman–Crippen MR) is 119 cm³/mol. The van der Waals surface area contributed by atoms with Gasteiger partial charge in [0.25, 0.3) is 0 Å². The summed E-state index contributed by atoms with van der Waals surface area (Å²) in [6, 6.07) is 7.11. The Morgan fingerprint density at radius 3 is 2.48 bits per heavy atom. The van der Waals surface area contributed by atoms with Crippen LogP contribution >= 0.6 is 0 Å². The summed E-state index contributed by atoms with van der Waals surface area (Å²) in [5.41, 5.74) is 0.863. The van der Waals surface area contributed by atoms with Crippen molar-refractivity contribution in [3.63, 3.8) is 0 Å². The fraction of sp³-hybridized carbons (Fsp3) is 0.565. The number of rotatable bonds is 12. The maximum atomic E-state index is 12.8. The molecule has 3 rings (SSSR count). The van der Waals surface area contributed by atoms with Crippen LogP contribution in [-0.4, -0.2) is 60.2 Å². The van der Waals surface area contributed by atoms with Gasteiger partial charge in [-0.1, -0.05) is 30.3 Å². The molecule has 1 saturated heterocycles. The molecule has 33 heavy (non-hydrogen) atoms. The van der Waals surface area contributed by atoms with Crippen LogP contribution in [0.3, 0.4) is 0 Å². The number of hydrogen-bond acceptors (Lipinski definition) is 6. The lowest BCUT2D eigenvalue weighted by Crippen LogP contribution is -2.55. The first kappa shape index (κ1) is 24.5. The van der Waals surface area contributed by atoms with E-state index in [0.717, 1.165) is 37.8 Å². The van der Waals surface area contributed by atoms with Crippen molar-refractivity contribution in [2.24, 2.45) is 5.92 Å². The highest BCUT2D eigenvalue weighted by Gasteiger charge is 2.39. The summed E-state index contributed by atoms with van der Waals surface area (Å²) in [5, 5.41) is 20.5. The van der Waals surface area contributed by atoms with Crippen LogP contribution < -0.4 is 21.3 Å². The van der Waals surface area contributed by atoms with E-state index in [9.17, 15) is 24.3 Å². The molecule has 180 valence electrons. The van der Waals surface area contributed by atoms with Crippen LogP contribution in [0, 0.1) is 5.92 Å². The minimum absolute atomic E-state index is 0.0332. The minimum Gasteiger partial charge on any atom is -0.480 e. The number of hydrogen-bond donors (Lipinski definition) is 5. The molecule has 5 N–H and O–H groups in total. The van der Waals surface area contributed by atoms with E-state index in [1.54, 1.807) is 0 Å². The van der Waals surface area contributed by atoms with Crippen LogP contribution in [-0.2, 0) is 25.7 Å². The van der Waals surface area contributed by atoms with Gasteiger partial charge in [-0.3, -0.25) is 9.59 Å². The number of carboxylic acid groups (broad SMARTS) is 1. The number of alkyl carbamates (subject to hydrolysis) is 1. The van der Waals surface area contributed by atoms with E-state index in [0.29, 0.717) is 6.42 Å². The maximum absolute atomic E-state index is 12.8. The zero-order chi connectivity index (χ0) is 23.6. The molecule has 1 heterocycles. The average Bonchev–Trinajstić information content (AvgIpc) is 3.50. The second-order valence-electron chi connectivity index (χ2n) is 8.50. The Kier molecular flexibility index (Phi) is 9.05. The minimum atomic E-state index is -1.16. The average molecular weight is 461 g/mol. The van der Waals surface area contributed by atoms with Gasteiger partial charge in [0.05, 0.1) is 6.04 Å². The molecule has 0 radical (unpaired) electrons. The lowest BCUT2D eigenvalue weighted by molar-refractivity contribution is -0.142. The molecule has 2 unspecified atom stereocenters. The lowest BCUT2D eigenvalue weighted by Gasteiger charge is -2.22. The Hall–Kier alpha value is -3.14. The predicted octanol–water partition coefficient (Wildman–Crippen LogP) is 0.909. The molecular formula is C23H32N4O6. The molecule has 1 aromatic rings. The summed E-state index contributed by atoms with van der Waals surface area (Å²) >= 11 is 0. The summed E-state index contributed by atoms with van der Waals surface area (Å²) in [4.78, 5) is 48.6. The van der Waals surface area contributed by atoms with Crippen LogP contribution in [0.15, 0.2) is 30.3 Å². The summed E-state index contributed by atoms with van der Waals surface area (Å²) in [6.07, 6.45) is 3.16. The standard InChI is InChI=1S/C23H32N4O6/c28-20(17-8-4-12-24-17)27-19(16-10-11-16)21(29)26-18(22(30)31)9-5-13-25-23(32)33-14-15-6-2-1-3-7-15/h1-3,6-7,16-19,24H,4-5,8-14H2,(H,25,32)(H,26,29)(H,27,28)(H,30,31)/t17-,18?,19?/m0/s1. The summed E-state index contributed by atoms with van der Waals surface area (Å²) < 4.78 is 5.11. The second kappa shape index (κ2) is 12.2. The van der Waals surface area contributed by atoms with E-state index < -0.39 is 30.1 Å². The molecule has 0 aromatic heterocycles. The third kappa shape index (κ3) is 8.05. The Morgan fingerprint density at radius 2 is 1.85 bits per heavy atom. The summed E-state index contributed by atoms with van der Waals surface area (Å²) in [6.45, 7) is 1.13. The van der Waals surface area contributed by atoms with Gasteiger partial charge in [-0.05, 0) is 56.6 Å². The first-order valence-electron chi connectivity index (χ1n) is 11.5. The van der Waals surface area contributed by atoms with Crippen molar-refractivity contribution in [2.45, 2.75) is 63.3 Å². The van der Waals surface area contributed by atoms with E-state index in [-0.39, 0.29) is 37.4 Å². The van der Waals surface area contributed by atoms with Gasteiger partial charge in [0.2, 0.25) is 11.8 Å². The molecule has 1 saturated carbocycles. The Balaban J connectivity index is 1.39. The highest BCUT2D eigenvalue weighted by Crippen LogP contribution is 2.33. The molecule has 1 aliphatic carbocycles. The smallest absolute Gasteiger partial charge is 0.407 e. The van der Waals surface area contributed by atoms with Crippen molar-refractivity contribution >= 4 is 23.9 Å². The highest BCUT2D eigenvalue weighted by molar-refractivity contribution is 5.92. The van der Waals surface area contributed by atoms with Crippen molar-refractivity contribution in [2.75, 3.05) is 13.1 Å². The number of ether oxygens (including phenoxy) is 1. The normalized spacial score (nSPS) is 19.2. The van der Waals surface area contributed by atoms with Crippen LogP contribution in [0.25, 0.3) is 0 Å². The van der Waals surface area contributed by atoms with E-state index in [4.69, 9.17) is 4.74 Å². The summed E-state index contributed by atoms with van der Waals surface area (Å²) in [5.74, 6) is -1.82. The first-order valence-corrected chi connectivity index (χ1v) is 11.5. The molecule has 10 nitrogen and oxygen atoms in total. The quantitative estimate of drug-likeness (QED) is 0.291. The van der Waals surface area contributed by atoms with Gasteiger partial charge in [0.1, 0.15) is 18.7 Å². The van der Waals surface area contributed by atoms with Crippen LogP contribution in [0.4, 0.5) is 4.79 Å². The number of nitrogens with one attached hydrogen (secondary N) is 4. The van der Waals surface area contributed by atoms with Crippen molar-refractivity contribution in [1.29, 1.82) is 0 Å². The monoisotopic (exact) mass is 460 g/mol. The van der Waals surface area contributed by atoms with Crippen molar-refractivity contribution in [1.82, 2.24) is 21.3 Å². The van der Waals surface area contributed by atoms with E-state index in [2.05, 4.69) is 21.3 Å². The fourth-order valence-electron chi connectivity index (χ4n) is 3.78. The summed E-state index contributed by atoms with van der Waals surface area (Å²) in [7, 11) is 0.